The molecule has 0 spiro atoms. The van der Waals surface area contributed by atoms with Crippen LogP contribution in [-0.2, 0) is 4.79 Å². The first-order chi connectivity index (χ1) is 8.16. The van der Waals surface area contributed by atoms with E-state index >= 15 is 0 Å². The zero-order valence-electron chi connectivity index (χ0n) is 10.2. The largest absolute Gasteiger partial charge is 0.352 e. The summed E-state index contributed by atoms with van der Waals surface area (Å²) in [6.07, 6.45) is 3.35. The fourth-order valence-corrected chi connectivity index (χ4v) is 2.44. The third-order valence-corrected chi connectivity index (χ3v) is 3.48. The van der Waals surface area contributed by atoms with Gasteiger partial charge in [0, 0.05) is 6.04 Å². The first kappa shape index (κ1) is 12.1. The molecule has 0 aliphatic heterocycles. The van der Waals surface area contributed by atoms with Crippen LogP contribution in [0.1, 0.15) is 37.8 Å². The second-order valence-corrected chi connectivity index (χ2v) is 5.01. The average molecular weight is 232 g/mol. The van der Waals surface area contributed by atoms with Crippen molar-refractivity contribution in [3.8, 4) is 0 Å². The van der Waals surface area contributed by atoms with Gasteiger partial charge in [-0.1, -0.05) is 37.3 Å². The fourth-order valence-electron chi connectivity index (χ4n) is 2.44. The van der Waals surface area contributed by atoms with E-state index in [-0.39, 0.29) is 5.91 Å². The Morgan fingerprint density at radius 3 is 2.65 bits per heavy atom. The number of carbonyl (C=O) groups excluding carboxylic acids is 1. The van der Waals surface area contributed by atoms with Gasteiger partial charge >= 0.3 is 0 Å². The highest BCUT2D eigenvalue weighted by molar-refractivity contribution is 5.83. The van der Waals surface area contributed by atoms with Gasteiger partial charge in [0.05, 0.1) is 0 Å². The van der Waals surface area contributed by atoms with E-state index in [1.165, 1.54) is 6.42 Å². The first-order valence-electron chi connectivity index (χ1n) is 6.27. The molecular weight excluding hydrogens is 212 g/mol. The normalized spacial score (nSPS) is 25.5. The van der Waals surface area contributed by atoms with E-state index in [9.17, 15) is 4.79 Å². The number of hydrogen-bond donors (Lipinski definition) is 2. The molecule has 0 aromatic heterocycles. The van der Waals surface area contributed by atoms with Crippen LogP contribution in [0.5, 0.6) is 0 Å². The van der Waals surface area contributed by atoms with Crippen LogP contribution in [0.15, 0.2) is 30.3 Å². The quantitative estimate of drug-likeness (QED) is 0.837. The highest BCUT2D eigenvalue weighted by atomic mass is 16.2. The smallest absolute Gasteiger partial charge is 0.241 e. The maximum absolute atomic E-state index is 12.0. The van der Waals surface area contributed by atoms with E-state index in [0.717, 1.165) is 18.4 Å². The van der Waals surface area contributed by atoms with E-state index in [4.69, 9.17) is 5.73 Å². The van der Waals surface area contributed by atoms with E-state index in [2.05, 4.69) is 12.2 Å². The summed E-state index contributed by atoms with van der Waals surface area (Å²) in [7, 11) is 0. The minimum Gasteiger partial charge on any atom is -0.352 e. The third-order valence-electron chi connectivity index (χ3n) is 3.48. The zero-order chi connectivity index (χ0) is 12.3. The van der Waals surface area contributed by atoms with Crippen LogP contribution in [0.3, 0.4) is 0 Å². The highest BCUT2D eigenvalue weighted by Gasteiger charge is 2.25. The minimum absolute atomic E-state index is 0.0599. The molecule has 3 unspecified atom stereocenters. The topological polar surface area (TPSA) is 55.1 Å². The molecule has 17 heavy (non-hydrogen) atoms. The van der Waals surface area contributed by atoms with Crippen LogP contribution >= 0.6 is 0 Å². The average Bonchev–Trinajstić information content (AvgIpc) is 2.75. The minimum atomic E-state index is -0.549. The monoisotopic (exact) mass is 232 g/mol. The van der Waals surface area contributed by atoms with Crippen molar-refractivity contribution in [2.75, 3.05) is 0 Å². The standard InChI is InChI=1S/C14H20N2O/c1-10-7-8-12(9-10)16-14(17)13(15)11-5-3-2-4-6-11/h2-6,10,12-13H,7-9,15H2,1H3,(H,16,17). The van der Waals surface area contributed by atoms with E-state index in [1.54, 1.807) is 0 Å². The zero-order valence-corrected chi connectivity index (χ0v) is 10.2. The van der Waals surface area contributed by atoms with Crippen molar-refractivity contribution < 1.29 is 4.79 Å². The lowest BCUT2D eigenvalue weighted by molar-refractivity contribution is -0.123. The van der Waals surface area contributed by atoms with Crippen molar-refractivity contribution in [3.63, 3.8) is 0 Å². The van der Waals surface area contributed by atoms with Crippen molar-refractivity contribution in [3.05, 3.63) is 35.9 Å². The molecular formula is C14H20N2O. The lowest BCUT2D eigenvalue weighted by Gasteiger charge is -2.17. The summed E-state index contributed by atoms with van der Waals surface area (Å²) in [5.41, 5.74) is 6.81. The number of carbonyl (C=O) groups is 1. The van der Waals surface area contributed by atoms with Gasteiger partial charge in [-0.3, -0.25) is 4.79 Å². The Hall–Kier alpha value is -1.35. The molecule has 0 saturated heterocycles. The molecule has 1 amide bonds. The molecule has 0 radical (unpaired) electrons. The molecule has 1 aliphatic rings. The first-order valence-corrected chi connectivity index (χ1v) is 6.27. The maximum atomic E-state index is 12.0. The molecule has 3 N–H and O–H groups in total. The van der Waals surface area contributed by atoms with Crippen molar-refractivity contribution in [2.45, 2.75) is 38.3 Å². The van der Waals surface area contributed by atoms with Gasteiger partial charge in [-0.15, -0.1) is 0 Å². The Morgan fingerprint density at radius 1 is 1.35 bits per heavy atom. The number of nitrogens with two attached hydrogens (primary N) is 1. The van der Waals surface area contributed by atoms with Crippen molar-refractivity contribution in [1.82, 2.24) is 5.32 Å². The summed E-state index contributed by atoms with van der Waals surface area (Å²) in [6, 6.07) is 9.27. The summed E-state index contributed by atoms with van der Waals surface area (Å²) < 4.78 is 0. The lowest BCUT2D eigenvalue weighted by Crippen LogP contribution is -2.39. The molecule has 1 aliphatic carbocycles. The Bertz CT molecular complexity index is 377. The maximum Gasteiger partial charge on any atom is 0.241 e. The van der Waals surface area contributed by atoms with E-state index in [1.807, 2.05) is 30.3 Å². The summed E-state index contributed by atoms with van der Waals surface area (Å²) in [5.74, 6) is 0.656. The molecule has 1 saturated carbocycles. The molecule has 0 heterocycles. The van der Waals surface area contributed by atoms with Crippen LogP contribution in [0, 0.1) is 5.92 Å². The molecule has 92 valence electrons. The van der Waals surface area contributed by atoms with Crippen LogP contribution in [0.2, 0.25) is 0 Å². The Kier molecular flexibility index (Phi) is 3.79. The Balaban J connectivity index is 1.92. The number of benzene rings is 1. The molecule has 0 bridgehead atoms. The van der Waals surface area contributed by atoms with Gasteiger partial charge in [0.25, 0.3) is 0 Å². The van der Waals surface area contributed by atoms with Gasteiger partial charge in [0.1, 0.15) is 6.04 Å². The van der Waals surface area contributed by atoms with Crippen molar-refractivity contribution in [1.29, 1.82) is 0 Å². The number of rotatable bonds is 3. The third kappa shape index (κ3) is 3.07. The predicted molar refractivity (Wildman–Crippen MR) is 68.3 cm³/mol. The number of nitrogens with one attached hydrogen (secondary N) is 1. The van der Waals surface area contributed by atoms with Gasteiger partial charge in [0.15, 0.2) is 0 Å². The van der Waals surface area contributed by atoms with E-state index in [0.29, 0.717) is 12.0 Å². The summed E-state index contributed by atoms with van der Waals surface area (Å²) in [6.45, 7) is 2.23. The van der Waals surface area contributed by atoms with Gasteiger partial charge in [-0.25, -0.2) is 0 Å². The Morgan fingerprint density at radius 2 is 2.06 bits per heavy atom. The molecule has 1 fully saturated rings. The van der Waals surface area contributed by atoms with Gasteiger partial charge in [-0.05, 0) is 30.7 Å². The SMILES string of the molecule is CC1CCC(NC(=O)C(N)c2ccccc2)C1. The number of amides is 1. The molecule has 1 aromatic rings. The van der Waals surface area contributed by atoms with Crippen LogP contribution in [0.4, 0.5) is 0 Å². The molecule has 3 atom stereocenters. The molecule has 3 heteroatoms. The van der Waals surface area contributed by atoms with Crippen molar-refractivity contribution in [2.24, 2.45) is 11.7 Å². The molecule has 1 aromatic carbocycles. The second kappa shape index (κ2) is 5.32. The van der Waals surface area contributed by atoms with Gasteiger partial charge < -0.3 is 11.1 Å². The van der Waals surface area contributed by atoms with Crippen LogP contribution < -0.4 is 11.1 Å². The highest BCUT2D eigenvalue weighted by Crippen LogP contribution is 2.25. The lowest BCUT2D eigenvalue weighted by atomic mass is 10.1. The summed E-state index contributed by atoms with van der Waals surface area (Å²) >= 11 is 0. The molecule has 3 nitrogen and oxygen atoms in total. The fraction of sp³-hybridized carbons (Fsp3) is 0.500. The van der Waals surface area contributed by atoms with Crippen LogP contribution in [-0.4, -0.2) is 11.9 Å². The summed E-state index contributed by atoms with van der Waals surface area (Å²) in [4.78, 5) is 12.0. The van der Waals surface area contributed by atoms with Crippen LogP contribution in [0.25, 0.3) is 0 Å². The Labute approximate surface area is 102 Å². The predicted octanol–water partition coefficient (Wildman–Crippen LogP) is 1.99. The van der Waals surface area contributed by atoms with E-state index < -0.39 is 6.04 Å². The molecule has 2 rings (SSSR count). The van der Waals surface area contributed by atoms with Gasteiger partial charge in [-0.2, -0.15) is 0 Å². The van der Waals surface area contributed by atoms with Gasteiger partial charge in [0.2, 0.25) is 5.91 Å². The number of hydrogen-bond acceptors (Lipinski definition) is 2. The second-order valence-electron chi connectivity index (χ2n) is 5.01. The summed E-state index contributed by atoms with van der Waals surface area (Å²) in [5, 5.41) is 3.04. The van der Waals surface area contributed by atoms with Crippen molar-refractivity contribution >= 4 is 5.91 Å².